The Bertz CT molecular complexity index is 330. The van der Waals surface area contributed by atoms with E-state index < -0.39 is 0 Å². The molecule has 0 aliphatic rings. The van der Waals surface area contributed by atoms with Gasteiger partial charge in [0.25, 0.3) is 0 Å². The first-order valence-electron chi connectivity index (χ1n) is 4.72. The lowest BCUT2D eigenvalue weighted by Gasteiger charge is -2.11. The summed E-state index contributed by atoms with van der Waals surface area (Å²) in [5, 5.41) is 1.86. The van der Waals surface area contributed by atoms with Gasteiger partial charge in [-0.25, -0.2) is 0 Å². The number of Topliss-reactive ketones (excluding diaryl/α,β-unsaturated/α-hetero) is 2. The molecular formula is C11H14O3S. The van der Waals surface area contributed by atoms with Crippen molar-refractivity contribution in [3.8, 4) is 0 Å². The maximum atomic E-state index is 11.7. The average Bonchev–Trinajstić information content (AvgIpc) is 2.68. The molecule has 4 heteroatoms. The molecule has 0 aliphatic heterocycles. The quantitative estimate of drug-likeness (QED) is 0.699. The Labute approximate surface area is 93.1 Å². The molecule has 1 atom stereocenters. The lowest BCUT2D eigenvalue weighted by Crippen LogP contribution is -2.18. The molecule has 0 saturated carbocycles. The molecule has 0 fully saturated rings. The van der Waals surface area contributed by atoms with Gasteiger partial charge < -0.3 is 4.74 Å². The number of hydrogen-bond acceptors (Lipinski definition) is 4. The first kappa shape index (κ1) is 12.1. The third kappa shape index (κ3) is 3.93. The van der Waals surface area contributed by atoms with Gasteiger partial charge in [-0.15, -0.1) is 11.3 Å². The van der Waals surface area contributed by atoms with Gasteiger partial charge in [-0.1, -0.05) is 6.07 Å². The lowest BCUT2D eigenvalue weighted by molar-refractivity contribution is -0.119. The van der Waals surface area contributed by atoms with Crippen LogP contribution in [0.2, 0.25) is 0 Å². The molecule has 0 N–H and O–H groups in total. The van der Waals surface area contributed by atoms with Gasteiger partial charge in [-0.3, -0.25) is 9.59 Å². The number of ether oxygens (including phenoxy) is 1. The predicted molar refractivity (Wildman–Crippen MR) is 59.4 cm³/mol. The van der Waals surface area contributed by atoms with Gasteiger partial charge in [0.05, 0.1) is 11.0 Å². The Hall–Kier alpha value is -1.000. The number of thiophene rings is 1. The molecular weight excluding hydrogens is 212 g/mol. The van der Waals surface area contributed by atoms with Crippen molar-refractivity contribution in [2.75, 3.05) is 7.11 Å². The van der Waals surface area contributed by atoms with E-state index >= 15 is 0 Å². The maximum Gasteiger partial charge on any atom is 0.175 e. The highest BCUT2D eigenvalue weighted by Crippen LogP contribution is 2.14. The first-order valence-corrected chi connectivity index (χ1v) is 5.60. The molecule has 1 heterocycles. The van der Waals surface area contributed by atoms with E-state index in [0.29, 0.717) is 6.42 Å². The van der Waals surface area contributed by atoms with E-state index in [-0.39, 0.29) is 24.1 Å². The van der Waals surface area contributed by atoms with Crippen LogP contribution in [-0.4, -0.2) is 24.8 Å². The van der Waals surface area contributed by atoms with Crippen LogP contribution >= 0.6 is 11.3 Å². The normalized spacial score (nSPS) is 12.4. The van der Waals surface area contributed by atoms with Crippen LogP contribution in [0.5, 0.6) is 0 Å². The van der Waals surface area contributed by atoms with Crippen molar-refractivity contribution in [3.63, 3.8) is 0 Å². The summed E-state index contributed by atoms with van der Waals surface area (Å²) in [7, 11) is 1.52. The second-order valence-electron chi connectivity index (χ2n) is 3.37. The molecule has 15 heavy (non-hydrogen) atoms. The largest absolute Gasteiger partial charge is 0.381 e. The van der Waals surface area contributed by atoms with Crippen LogP contribution in [-0.2, 0) is 9.53 Å². The van der Waals surface area contributed by atoms with Crippen molar-refractivity contribution >= 4 is 22.9 Å². The minimum atomic E-state index is -0.294. The van der Waals surface area contributed by atoms with Crippen molar-refractivity contribution in [1.82, 2.24) is 0 Å². The molecule has 1 aromatic rings. The number of ketones is 2. The SMILES string of the molecule is COC(CC(C)=O)CC(=O)c1cccs1. The minimum Gasteiger partial charge on any atom is -0.381 e. The van der Waals surface area contributed by atoms with Crippen molar-refractivity contribution in [1.29, 1.82) is 0 Å². The van der Waals surface area contributed by atoms with Crippen molar-refractivity contribution in [2.24, 2.45) is 0 Å². The minimum absolute atomic E-state index is 0.0399. The summed E-state index contributed by atoms with van der Waals surface area (Å²) < 4.78 is 5.09. The first-order chi connectivity index (χ1) is 7.13. The number of hydrogen-bond donors (Lipinski definition) is 0. The van der Waals surface area contributed by atoms with Crippen LogP contribution in [0.15, 0.2) is 17.5 Å². The summed E-state index contributed by atoms with van der Waals surface area (Å²) in [6.07, 6.45) is 0.279. The standard InChI is InChI=1S/C11H14O3S/c1-8(12)6-9(14-2)7-10(13)11-4-3-5-15-11/h3-5,9H,6-7H2,1-2H3. The third-order valence-electron chi connectivity index (χ3n) is 2.06. The Morgan fingerprint density at radius 2 is 2.20 bits per heavy atom. The number of methoxy groups -OCH3 is 1. The van der Waals surface area contributed by atoms with Crippen molar-refractivity contribution < 1.29 is 14.3 Å². The highest BCUT2D eigenvalue weighted by atomic mass is 32.1. The second-order valence-corrected chi connectivity index (χ2v) is 4.32. The van der Waals surface area contributed by atoms with Gasteiger partial charge >= 0.3 is 0 Å². The molecule has 1 aromatic heterocycles. The summed E-state index contributed by atoms with van der Waals surface area (Å²) in [5.41, 5.74) is 0. The monoisotopic (exact) mass is 226 g/mol. The molecule has 0 aromatic carbocycles. The fourth-order valence-electron chi connectivity index (χ4n) is 1.30. The summed E-state index contributed by atoms with van der Waals surface area (Å²) in [6.45, 7) is 1.50. The highest BCUT2D eigenvalue weighted by molar-refractivity contribution is 7.12. The summed E-state index contributed by atoms with van der Waals surface area (Å²) in [6, 6.07) is 3.62. The van der Waals surface area contributed by atoms with Gasteiger partial charge in [0.1, 0.15) is 5.78 Å². The molecule has 0 amide bonds. The van der Waals surface area contributed by atoms with E-state index in [1.165, 1.54) is 25.4 Å². The Morgan fingerprint density at radius 1 is 1.47 bits per heavy atom. The van der Waals surface area contributed by atoms with Crippen molar-refractivity contribution in [3.05, 3.63) is 22.4 Å². The van der Waals surface area contributed by atoms with E-state index in [1.807, 2.05) is 11.4 Å². The van der Waals surface area contributed by atoms with E-state index in [2.05, 4.69) is 0 Å². The zero-order valence-electron chi connectivity index (χ0n) is 8.86. The smallest absolute Gasteiger partial charge is 0.175 e. The molecule has 82 valence electrons. The van der Waals surface area contributed by atoms with Crippen LogP contribution < -0.4 is 0 Å². The van der Waals surface area contributed by atoms with Gasteiger partial charge in [-0.05, 0) is 18.4 Å². The molecule has 0 bridgehead atoms. The van der Waals surface area contributed by atoms with Crippen LogP contribution in [0.25, 0.3) is 0 Å². The van der Waals surface area contributed by atoms with E-state index in [0.717, 1.165) is 4.88 Å². The fourth-order valence-corrected chi connectivity index (χ4v) is 1.98. The van der Waals surface area contributed by atoms with Crippen LogP contribution in [0, 0.1) is 0 Å². The summed E-state index contributed by atoms with van der Waals surface area (Å²) in [5.74, 6) is 0.0823. The van der Waals surface area contributed by atoms with E-state index in [4.69, 9.17) is 4.74 Å². The highest BCUT2D eigenvalue weighted by Gasteiger charge is 2.16. The zero-order chi connectivity index (χ0) is 11.3. The molecule has 0 aliphatic carbocycles. The van der Waals surface area contributed by atoms with E-state index in [1.54, 1.807) is 6.07 Å². The second kappa shape index (κ2) is 5.78. The average molecular weight is 226 g/mol. The van der Waals surface area contributed by atoms with Crippen LogP contribution in [0.4, 0.5) is 0 Å². The fraction of sp³-hybridized carbons (Fsp3) is 0.455. The Morgan fingerprint density at radius 3 is 2.67 bits per heavy atom. The Kier molecular flexibility index (Phi) is 4.65. The topological polar surface area (TPSA) is 43.4 Å². The predicted octanol–water partition coefficient (Wildman–Crippen LogP) is 2.32. The van der Waals surface area contributed by atoms with Crippen LogP contribution in [0.3, 0.4) is 0 Å². The number of carbonyl (C=O) groups excluding carboxylic acids is 2. The Balaban J connectivity index is 2.52. The molecule has 3 nitrogen and oxygen atoms in total. The maximum absolute atomic E-state index is 11.7. The molecule has 0 saturated heterocycles. The van der Waals surface area contributed by atoms with Crippen molar-refractivity contribution in [2.45, 2.75) is 25.9 Å². The van der Waals surface area contributed by atoms with Gasteiger partial charge in [0.2, 0.25) is 0 Å². The summed E-state index contributed by atoms with van der Waals surface area (Å²) >= 11 is 1.41. The molecule has 1 rings (SSSR count). The van der Waals surface area contributed by atoms with Gasteiger partial charge in [0, 0.05) is 20.0 Å². The summed E-state index contributed by atoms with van der Waals surface area (Å²) in [4.78, 5) is 23.3. The number of carbonyl (C=O) groups is 2. The van der Waals surface area contributed by atoms with E-state index in [9.17, 15) is 9.59 Å². The number of rotatable bonds is 6. The van der Waals surface area contributed by atoms with Crippen LogP contribution in [0.1, 0.15) is 29.4 Å². The zero-order valence-corrected chi connectivity index (χ0v) is 9.67. The molecule has 0 radical (unpaired) electrons. The molecule has 1 unspecified atom stereocenters. The van der Waals surface area contributed by atoms with Gasteiger partial charge in [0.15, 0.2) is 5.78 Å². The molecule has 0 spiro atoms. The lowest BCUT2D eigenvalue weighted by atomic mass is 10.1. The van der Waals surface area contributed by atoms with Gasteiger partial charge in [-0.2, -0.15) is 0 Å². The third-order valence-corrected chi connectivity index (χ3v) is 2.97.